The maximum Gasteiger partial charge on any atom is 0.0710 e. The average Bonchev–Trinajstić information content (AvgIpc) is 2.96. The quantitative estimate of drug-likeness (QED) is 0.695. The molecule has 2 nitrogen and oxygen atoms in total. The van der Waals surface area contributed by atoms with E-state index in [0.717, 1.165) is 18.4 Å². The molecule has 1 spiro atoms. The average molecular weight is 304 g/mol. The lowest BCUT2D eigenvalue weighted by atomic mass is 9.98. The highest BCUT2D eigenvalue weighted by molar-refractivity contribution is 9.09. The number of nitrogens with zero attached hydrogens (tertiary/aromatic N) is 1. The van der Waals surface area contributed by atoms with Gasteiger partial charge >= 0.3 is 0 Å². The van der Waals surface area contributed by atoms with Gasteiger partial charge in [-0.1, -0.05) is 35.7 Å². The maximum absolute atomic E-state index is 6.37. The number of likely N-dealkylation sites (N-methyl/N-ethyl adjacent to an activating group) is 1. The molecule has 0 amide bonds. The first kappa shape index (κ1) is 13.8. The SMILES string of the molecule is CCN(CCCBr)CC1CCC2(CCCC2)O1. The van der Waals surface area contributed by atoms with Crippen molar-refractivity contribution in [3.63, 3.8) is 0 Å². The van der Waals surface area contributed by atoms with Crippen LogP contribution in [0, 0.1) is 0 Å². The van der Waals surface area contributed by atoms with Gasteiger partial charge in [0.2, 0.25) is 0 Å². The molecule has 1 atom stereocenters. The lowest BCUT2D eigenvalue weighted by Crippen LogP contribution is -2.35. The zero-order valence-corrected chi connectivity index (χ0v) is 12.7. The molecule has 0 aromatic rings. The van der Waals surface area contributed by atoms with Crippen molar-refractivity contribution >= 4 is 15.9 Å². The molecule has 1 heterocycles. The van der Waals surface area contributed by atoms with Gasteiger partial charge in [0.1, 0.15) is 0 Å². The van der Waals surface area contributed by atoms with E-state index in [-0.39, 0.29) is 0 Å². The van der Waals surface area contributed by atoms with Crippen LogP contribution in [0.3, 0.4) is 0 Å². The molecule has 1 aliphatic heterocycles. The Bertz CT molecular complexity index is 228. The third-order valence-electron chi connectivity index (χ3n) is 4.37. The fourth-order valence-electron chi connectivity index (χ4n) is 3.36. The van der Waals surface area contributed by atoms with Gasteiger partial charge in [-0.25, -0.2) is 0 Å². The van der Waals surface area contributed by atoms with Crippen LogP contribution in [0.1, 0.15) is 51.9 Å². The second-order valence-corrected chi connectivity index (χ2v) is 6.40. The number of alkyl halides is 1. The van der Waals surface area contributed by atoms with Crippen LogP contribution in [-0.2, 0) is 4.74 Å². The van der Waals surface area contributed by atoms with E-state index in [0.29, 0.717) is 11.7 Å². The lowest BCUT2D eigenvalue weighted by molar-refractivity contribution is -0.0468. The normalized spacial score (nSPS) is 27.4. The molecular formula is C14H26BrNO. The van der Waals surface area contributed by atoms with Crippen molar-refractivity contribution in [2.75, 3.05) is 25.0 Å². The predicted octanol–water partition coefficient (Wildman–Crippen LogP) is 3.59. The van der Waals surface area contributed by atoms with E-state index in [1.54, 1.807) is 0 Å². The standard InChI is InChI=1S/C14H26BrNO/c1-2-16(11-5-10-15)12-13-6-9-14(17-13)7-3-4-8-14/h13H,2-12H2,1H3. The Hall–Kier alpha value is 0.400. The second kappa shape index (κ2) is 6.53. The van der Waals surface area contributed by atoms with Crippen LogP contribution in [0.4, 0.5) is 0 Å². The topological polar surface area (TPSA) is 12.5 Å². The number of hydrogen-bond donors (Lipinski definition) is 0. The van der Waals surface area contributed by atoms with Gasteiger partial charge in [0.25, 0.3) is 0 Å². The summed E-state index contributed by atoms with van der Waals surface area (Å²) in [5, 5.41) is 1.11. The number of halogens is 1. The van der Waals surface area contributed by atoms with E-state index < -0.39 is 0 Å². The second-order valence-electron chi connectivity index (χ2n) is 5.60. The fraction of sp³-hybridized carbons (Fsp3) is 1.00. The van der Waals surface area contributed by atoms with Gasteiger partial charge < -0.3 is 9.64 Å². The Morgan fingerprint density at radius 1 is 1.29 bits per heavy atom. The Balaban J connectivity index is 1.75. The first-order valence-corrected chi connectivity index (χ1v) is 8.36. The molecule has 1 saturated heterocycles. The van der Waals surface area contributed by atoms with E-state index in [4.69, 9.17) is 4.74 Å². The minimum absolute atomic E-state index is 0.305. The van der Waals surface area contributed by atoms with Crippen LogP contribution in [0.15, 0.2) is 0 Å². The molecule has 2 aliphatic rings. The third kappa shape index (κ3) is 3.68. The highest BCUT2D eigenvalue weighted by atomic mass is 79.9. The molecule has 0 aromatic heterocycles. The van der Waals surface area contributed by atoms with E-state index in [1.807, 2.05) is 0 Å². The van der Waals surface area contributed by atoms with E-state index in [9.17, 15) is 0 Å². The van der Waals surface area contributed by atoms with Gasteiger partial charge in [-0.3, -0.25) is 0 Å². The van der Waals surface area contributed by atoms with Gasteiger partial charge in [0, 0.05) is 11.9 Å². The molecule has 17 heavy (non-hydrogen) atoms. The predicted molar refractivity (Wildman–Crippen MR) is 75.8 cm³/mol. The van der Waals surface area contributed by atoms with Crippen molar-refractivity contribution in [3.8, 4) is 0 Å². The summed E-state index contributed by atoms with van der Waals surface area (Å²) in [6.07, 6.45) is 9.74. The van der Waals surface area contributed by atoms with Crippen molar-refractivity contribution in [1.29, 1.82) is 0 Å². The zero-order valence-electron chi connectivity index (χ0n) is 11.1. The monoisotopic (exact) mass is 303 g/mol. The van der Waals surface area contributed by atoms with Crippen molar-refractivity contribution < 1.29 is 4.74 Å². The molecule has 1 saturated carbocycles. The van der Waals surface area contributed by atoms with Gasteiger partial charge in [-0.2, -0.15) is 0 Å². The fourth-order valence-corrected chi connectivity index (χ4v) is 3.61. The summed E-state index contributed by atoms with van der Waals surface area (Å²) < 4.78 is 6.37. The Kier molecular flexibility index (Phi) is 5.31. The molecule has 0 aromatic carbocycles. The Labute approximate surface area is 114 Å². The van der Waals surface area contributed by atoms with E-state index in [2.05, 4.69) is 27.8 Å². The number of ether oxygens (including phenoxy) is 1. The Morgan fingerprint density at radius 2 is 2.06 bits per heavy atom. The van der Waals surface area contributed by atoms with Crippen LogP contribution in [0.2, 0.25) is 0 Å². The largest absolute Gasteiger partial charge is 0.370 e. The molecule has 100 valence electrons. The van der Waals surface area contributed by atoms with Crippen molar-refractivity contribution in [3.05, 3.63) is 0 Å². The van der Waals surface area contributed by atoms with E-state index >= 15 is 0 Å². The van der Waals surface area contributed by atoms with E-state index in [1.165, 1.54) is 51.5 Å². The minimum Gasteiger partial charge on any atom is -0.370 e. The molecule has 0 radical (unpaired) electrons. The third-order valence-corrected chi connectivity index (χ3v) is 4.93. The van der Waals surface area contributed by atoms with Gasteiger partial charge in [-0.05, 0) is 45.2 Å². The number of rotatable bonds is 6. The van der Waals surface area contributed by atoms with Crippen LogP contribution >= 0.6 is 15.9 Å². The first-order valence-electron chi connectivity index (χ1n) is 7.24. The highest BCUT2D eigenvalue weighted by Gasteiger charge is 2.42. The van der Waals surface area contributed by atoms with Crippen LogP contribution in [0.5, 0.6) is 0 Å². The summed E-state index contributed by atoms with van der Waals surface area (Å²) in [4.78, 5) is 2.54. The summed E-state index contributed by atoms with van der Waals surface area (Å²) in [6, 6.07) is 0. The molecule has 2 fully saturated rings. The molecular weight excluding hydrogens is 278 g/mol. The molecule has 0 bridgehead atoms. The first-order chi connectivity index (χ1) is 8.28. The smallest absolute Gasteiger partial charge is 0.0710 e. The van der Waals surface area contributed by atoms with Gasteiger partial charge in [-0.15, -0.1) is 0 Å². The zero-order chi connectivity index (χ0) is 12.1. The van der Waals surface area contributed by atoms with Crippen molar-refractivity contribution in [2.24, 2.45) is 0 Å². The lowest BCUT2D eigenvalue weighted by Gasteiger charge is -2.27. The minimum atomic E-state index is 0.305. The summed E-state index contributed by atoms with van der Waals surface area (Å²) >= 11 is 3.51. The molecule has 0 N–H and O–H groups in total. The van der Waals surface area contributed by atoms with Crippen molar-refractivity contribution in [2.45, 2.75) is 63.6 Å². The maximum atomic E-state index is 6.37. The van der Waals surface area contributed by atoms with Gasteiger partial charge in [0.15, 0.2) is 0 Å². The highest BCUT2D eigenvalue weighted by Crippen LogP contribution is 2.43. The van der Waals surface area contributed by atoms with Crippen LogP contribution in [0.25, 0.3) is 0 Å². The number of hydrogen-bond acceptors (Lipinski definition) is 2. The summed E-state index contributed by atoms with van der Waals surface area (Å²) in [7, 11) is 0. The summed E-state index contributed by atoms with van der Waals surface area (Å²) in [5.41, 5.74) is 0.305. The molecule has 2 rings (SSSR count). The van der Waals surface area contributed by atoms with Gasteiger partial charge in [0.05, 0.1) is 11.7 Å². The molecule has 1 unspecified atom stereocenters. The summed E-state index contributed by atoms with van der Waals surface area (Å²) in [6.45, 7) is 5.76. The van der Waals surface area contributed by atoms with Crippen LogP contribution in [-0.4, -0.2) is 41.6 Å². The van der Waals surface area contributed by atoms with Crippen LogP contribution < -0.4 is 0 Å². The molecule has 1 aliphatic carbocycles. The van der Waals surface area contributed by atoms with Crippen molar-refractivity contribution in [1.82, 2.24) is 4.90 Å². The molecule has 3 heteroatoms. The Morgan fingerprint density at radius 3 is 2.71 bits per heavy atom. The summed E-state index contributed by atoms with van der Waals surface area (Å²) in [5.74, 6) is 0.